The Morgan fingerprint density at radius 3 is 2.24 bits per heavy atom. The first-order valence-corrected chi connectivity index (χ1v) is 13.0. The maximum atomic E-state index is 13.2. The first kappa shape index (κ1) is 30.5. The first-order chi connectivity index (χ1) is 18.0. The molecule has 11 nitrogen and oxygen atoms in total. The Hall–Kier alpha value is -3.76. The van der Waals surface area contributed by atoms with Crippen molar-refractivity contribution in [3.05, 3.63) is 35.9 Å². The summed E-state index contributed by atoms with van der Waals surface area (Å²) < 4.78 is 0. The number of likely N-dealkylation sites (tertiary alicyclic amines) is 1. The molecule has 0 aliphatic carbocycles. The van der Waals surface area contributed by atoms with Crippen LogP contribution in [-0.2, 0) is 35.2 Å². The van der Waals surface area contributed by atoms with Gasteiger partial charge >= 0.3 is 0 Å². The van der Waals surface area contributed by atoms with Crippen molar-refractivity contribution in [1.29, 1.82) is 0 Å². The summed E-state index contributed by atoms with van der Waals surface area (Å²) in [5.41, 5.74) is 0.817. The average molecular weight is 530 g/mol. The summed E-state index contributed by atoms with van der Waals surface area (Å²) >= 11 is 0. The Labute approximate surface area is 223 Å². The van der Waals surface area contributed by atoms with E-state index in [4.69, 9.17) is 0 Å². The molecule has 1 unspecified atom stereocenters. The van der Waals surface area contributed by atoms with Crippen LogP contribution in [0.4, 0.5) is 0 Å². The minimum atomic E-state index is -0.963. The molecule has 1 aliphatic rings. The minimum Gasteiger partial charge on any atom is -0.354 e. The van der Waals surface area contributed by atoms with Crippen LogP contribution in [-0.4, -0.2) is 72.1 Å². The van der Waals surface area contributed by atoms with Crippen molar-refractivity contribution in [2.24, 2.45) is 11.8 Å². The van der Waals surface area contributed by atoms with E-state index in [0.29, 0.717) is 12.8 Å². The van der Waals surface area contributed by atoms with Crippen LogP contribution in [0.1, 0.15) is 52.5 Å². The van der Waals surface area contributed by atoms with Crippen molar-refractivity contribution in [1.82, 2.24) is 26.2 Å². The second-order valence-corrected chi connectivity index (χ2v) is 10.0. The summed E-state index contributed by atoms with van der Waals surface area (Å²) in [5.74, 6) is -2.43. The Bertz CT molecular complexity index is 1010. The largest absolute Gasteiger partial charge is 0.354 e. The summed E-state index contributed by atoms with van der Waals surface area (Å²) in [6.45, 7) is 7.04. The van der Waals surface area contributed by atoms with Gasteiger partial charge in [-0.05, 0) is 24.3 Å². The molecule has 0 radical (unpaired) electrons. The lowest BCUT2D eigenvalue weighted by molar-refractivity contribution is -0.139. The molecule has 0 bridgehead atoms. The fourth-order valence-electron chi connectivity index (χ4n) is 4.14. The van der Waals surface area contributed by atoms with E-state index in [2.05, 4.69) is 21.3 Å². The van der Waals surface area contributed by atoms with E-state index < -0.39 is 23.9 Å². The number of imide groups is 1. The van der Waals surface area contributed by atoms with Crippen LogP contribution >= 0.6 is 0 Å². The first-order valence-electron chi connectivity index (χ1n) is 13.0. The number of hydrogen-bond donors (Lipinski definition) is 4. The van der Waals surface area contributed by atoms with E-state index >= 15 is 0 Å². The number of nitrogens with zero attached hydrogens (tertiary/aromatic N) is 1. The summed E-state index contributed by atoms with van der Waals surface area (Å²) in [5, 5.41) is 10.6. The zero-order valence-electron chi connectivity index (χ0n) is 22.5. The van der Waals surface area contributed by atoms with Gasteiger partial charge in [0.1, 0.15) is 12.1 Å². The van der Waals surface area contributed by atoms with Gasteiger partial charge in [0, 0.05) is 38.8 Å². The molecule has 11 heteroatoms. The maximum Gasteiger partial charge on any atom is 0.243 e. The van der Waals surface area contributed by atoms with Crippen LogP contribution in [0.25, 0.3) is 0 Å². The molecule has 1 fully saturated rings. The van der Waals surface area contributed by atoms with Crippen LogP contribution in [0.3, 0.4) is 0 Å². The van der Waals surface area contributed by atoms with E-state index in [1.807, 2.05) is 44.2 Å². The van der Waals surface area contributed by atoms with E-state index in [1.54, 1.807) is 6.92 Å². The number of rotatable bonds is 14. The van der Waals surface area contributed by atoms with Gasteiger partial charge in [0.05, 0.1) is 6.54 Å². The smallest absolute Gasteiger partial charge is 0.243 e. The highest BCUT2D eigenvalue weighted by Crippen LogP contribution is 2.18. The predicted octanol–water partition coefficient (Wildman–Crippen LogP) is 0.282. The van der Waals surface area contributed by atoms with Crippen LogP contribution in [0.5, 0.6) is 0 Å². The monoisotopic (exact) mass is 529 g/mol. The lowest BCUT2D eigenvalue weighted by Crippen LogP contribution is -2.55. The lowest BCUT2D eigenvalue weighted by atomic mass is 10.0. The molecule has 1 aliphatic heterocycles. The molecule has 2 rings (SSSR count). The van der Waals surface area contributed by atoms with Crippen LogP contribution in [0.15, 0.2) is 30.3 Å². The zero-order valence-corrected chi connectivity index (χ0v) is 22.5. The van der Waals surface area contributed by atoms with Crippen LogP contribution in [0, 0.1) is 11.8 Å². The van der Waals surface area contributed by atoms with Crippen LogP contribution in [0.2, 0.25) is 0 Å². The fraction of sp³-hybridized carbons (Fsp3) is 0.556. The highest BCUT2D eigenvalue weighted by Gasteiger charge is 2.35. The Kier molecular flexibility index (Phi) is 11.9. The molecule has 6 amide bonds. The zero-order chi connectivity index (χ0) is 28.2. The van der Waals surface area contributed by atoms with E-state index in [1.165, 1.54) is 11.8 Å². The standard InChI is InChI=1S/C27H39N5O6/c1-17(2)13-21(25(36)28-11-8-12-32-24(35)14-18(3)27(32)38)31-26(37)22(15-20-9-6-5-7-10-20)30-23(34)16-29-19(4)33/h5-7,9-10,17-18,21-22H,8,11-16H2,1-4H3,(H,28,36)(H,29,33)(H,30,34)(H,31,37)/t18?,21-,22-/m0/s1. The van der Waals surface area contributed by atoms with E-state index in [9.17, 15) is 28.8 Å². The number of hydrogen-bond acceptors (Lipinski definition) is 6. The van der Waals surface area contributed by atoms with Gasteiger partial charge < -0.3 is 21.3 Å². The molecule has 208 valence electrons. The molecule has 1 saturated heterocycles. The number of nitrogens with one attached hydrogen (secondary N) is 4. The molecule has 38 heavy (non-hydrogen) atoms. The molecule has 1 aromatic carbocycles. The van der Waals surface area contributed by atoms with Crippen molar-refractivity contribution in [2.45, 2.75) is 65.5 Å². The number of amides is 6. The predicted molar refractivity (Wildman–Crippen MR) is 140 cm³/mol. The van der Waals surface area contributed by atoms with E-state index in [-0.39, 0.29) is 67.9 Å². The summed E-state index contributed by atoms with van der Waals surface area (Å²) in [4.78, 5) is 75.0. The van der Waals surface area contributed by atoms with Crippen molar-refractivity contribution in [2.75, 3.05) is 19.6 Å². The quantitative estimate of drug-likeness (QED) is 0.201. The Morgan fingerprint density at radius 2 is 1.66 bits per heavy atom. The molecular formula is C27H39N5O6. The second-order valence-electron chi connectivity index (χ2n) is 10.0. The minimum absolute atomic E-state index is 0.0920. The molecule has 0 saturated carbocycles. The Morgan fingerprint density at radius 1 is 0.974 bits per heavy atom. The number of carbonyl (C=O) groups is 6. The summed E-state index contributed by atoms with van der Waals surface area (Å²) in [6, 6.07) is 7.33. The third-order valence-corrected chi connectivity index (χ3v) is 6.10. The van der Waals surface area contributed by atoms with Crippen molar-refractivity contribution >= 4 is 35.4 Å². The number of benzene rings is 1. The molecular weight excluding hydrogens is 490 g/mol. The van der Waals surface area contributed by atoms with Crippen molar-refractivity contribution in [3.63, 3.8) is 0 Å². The van der Waals surface area contributed by atoms with Gasteiger partial charge in [0.2, 0.25) is 35.4 Å². The van der Waals surface area contributed by atoms with Gasteiger partial charge in [0.15, 0.2) is 0 Å². The average Bonchev–Trinajstić information content (AvgIpc) is 3.10. The van der Waals surface area contributed by atoms with Gasteiger partial charge in [-0.3, -0.25) is 33.7 Å². The maximum absolute atomic E-state index is 13.2. The van der Waals surface area contributed by atoms with Gasteiger partial charge in [-0.1, -0.05) is 51.1 Å². The highest BCUT2D eigenvalue weighted by atomic mass is 16.2. The molecule has 0 spiro atoms. The summed E-state index contributed by atoms with van der Waals surface area (Å²) in [6.07, 6.45) is 1.17. The van der Waals surface area contributed by atoms with Crippen molar-refractivity contribution < 1.29 is 28.8 Å². The normalized spacial score (nSPS) is 16.7. The number of carbonyl (C=O) groups excluding carboxylic acids is 6. The Balaban J connectivity index is 2.00. The van der Waals surface area contributed by atoms with Gasteiger partial charge in [0.25, 0.3) is 0 Å². The highest BCUT2D eigenvalue weighted by molar-refractivity contribution is 6.03. The van der Waals surface area contributed by atoms with Crippen molar-refractivity contribution in [3.8, 4) is 0 Å². The molecule has 1 aromatic rings. The molecule has 1 heterocycles. The van der Waals surface area contributed by atoms with Gasteiger partial charge in [-0.2, -0.15) is 0 Å². The van der Waals surface area contributed by atoms with E-state index in [0.717, 1.165) is 5.56 Å². The molecule has 4 N–H and O–H groups in total. The summed E-state index contributed by atoms with van der Waals surface area (Å²) in [7, 11) is 0. The SMILES string of the molecule is CC(=O)NCC(=O)N[C@@H](Cc1ccccc1)C(=O)N[C@@H](CC(C)C)C(=O)NCCCN1C(=O)CC(C)C1=O. The molecule has 0 aromatic heterocycles. The fourth-order valence-corrected chi connectivity index (χ4v) is 4.14. The van der Waals surface area contributed by atoms with Gasteiger partial charge in [-0.15, -0.1) is 0 Å². The van der Waals surface area contributed by atoms with Gasteiger partial charge in [-0.25, -0.2) is 0 Å². The topological polar surface area (TPSA) is 154 Å². The lowest BCUT2D eigenvalue weighted by Gasteiger charge is -2.24. The third kappa shape index (κ3) is 9.95. The third-order valence-electron chi connectivity index (χ3n) is 6.10. The van der Waals surface area contributed by atoms with Crippen LogP contribution < -0.4 is 21.3 Å². The molecule has 3 atom stereocenters. The second kappa shape index (κ2) is 14.8.